The summed E-state index contributed by atoms with van der Waals surface area (Å²) in [5.74, 6) is 1.68. The first-order valence-corrected chi connectivity index (χ1v) is 10.1. The number of hydrogen-bond donors (Lipinski definition) is 2. The van der Waals surface area contributed by atoms with Gasteiger partial charge in [0.1, 0.15) is 24.7 Å². The minimum atomic E-state index is 0.777. The third kappa shape index (κ3) is 4.00. The smallest absolute Gasteiger partial charge is 0.291 e. The summed E-state index contributed by atoms with van der Waals surface area (Å²) >= 11 is 0. The topological polar surface area (TPSA) is 76.8 Å². The highest BCUT2D eigenvalue weighted by Crippen LogP contribution is 2.33. The van der Waals surface area contributed by atoms with Crippen LogP contribution in [0.2, 0.25) is 0 Å². The van der Waals surface area contributed by atoms with E-state index in [4.69, 9.17) is 9.15 Å². The number of aromatic nitrogens is 1. The molecular weight excluding hydrogens is 340 g/mol. The average Bonchev–Trinajstić information content (AvgIpc) is 3.26. The first kappa shape index (κ1) is 18.0. The standard InChI is InChI=1S/C21H26N4O2/c22-15-18-16-5-1-2-6-17(16)20(19-7-3-12-27-19)24-21(18)23-8-4-9-25-10-13-26-14-11-25/h3,7,12H,1-2,4-6,8-11,13-14H2,(H,23,24)/p+2. The van der Waals surface area contributed by atoms with Crippen molar-refractivity contribution in [1.82, 2.24) is 0 Å². The Balaban J connectivity index is 1.52. The lowest BCUT2D eigenvalue weighted by Gasteiger charge is -2.23. The molecule has 0 radical (unpaired) electrons. The number of furan rings is 1. The third-order valence-corrected chi connectivity index (χ3v) is 5.66. The number of H-pyrrole nitrogens is 1. The lowest BCUT2D eigenvalue weighted by molar-refractivity contribution is -0.908. The fourth-order valence-corrected chi connectivity index (χ4v) is 4.22. The summed E-state index contributed by atoms with van der Waals surface area (Å²) in [6, 6.07) is 6.34. The van der Waals surface area contributed by atoms with E-state index in [1.165, 1.54) is 11.1 Å². The molecular formula is C21H28N4O2+2. The molecule has 3 heterocycles. The fourth-order valence-electron chi connectivity index (χ4n) is 4.22. The maximum absolute atomic E-state index is 9.80. The van der Waals surface area contributed by atoms with E-state index in [1.54, 1.807) is 11.2 Å². The van der Waals surface area contributed by atoms with Gasteiger partial charge in [-0.15, -0.1) is 0 Å². The monoisotopic (exact) mass is 368 g/mol. The summed E-state index contributed by atoms with van der Waals surface area (Å²) in [7, 11) is 0. The zero-order valence-corrected chi connectivity index (χ0v) is 15.8. The lowest BCUT2D eigenvalue weighted by atomic mass is 9.87. The maximum Gasteiger partial charge on any atom is 0.291 e. The molecule has 0 atom stereocenters. The second-order valence-corrected chi connectivity index (χ2v) is 7.40. The molecule has 4 rings (SSSR count). The number of aromatic amines is 1. The van der Waals surface area contributed by atoms with Crippen LogP contribution in [-0.2, 0) is 17.6 Å². The Hall–Kier alpha value is -2.36. The van der Waals surface area contributed by atoms with Crippen molar-refractivity contribution in [3.05, 3.63) is 35.1 Å². The van der Waals surface area contributed by atoms with Crippen LogP contribution in [0.25, 0.3) is 11.5 Å². The molecule has 0 bridgehead atoms. The van der Waals surface area contributed by atoms with Gasteiger partial charge in [-0.25, -0.2) is 4.98 Å². The second-order valence-electron chi connectivity index (χ2n) is 7.40. The molecule has 2 aromatic heterocycles. The van der Waals surface area contributed by atoms with Crippen LogP contribution in [0, 0.1) is 11.3 Å². The molecule has 6 nitrogen and oxygen atoms in total. The molecule has 0 amide bonds. The Morgan fingerprint density at radius 3 is 2.74 bits per heavy atom. The van der Waals surface area contributed by atoms with Crippen LogP contribution in [-0.4, -0.2) is 39.4 Å². The van der Waals surface area contributed by atoms with Crippen molar-refractivity contribution in [3.63, 3.8) is 0 Å². The summed E-state index contributed by atoms with van der Waals surface area (Å²) in [4.78, 5) is 5.08. The predicted molar refractivity (Wildman–Crippen MR) is 102 cm³/mol. The fraction of sp³-hybridized carbons (Fsp3) is 0.524. The van der Waals surface area contributed by atoms with Gasteiger partial charge in [-0.1, -0.05) is 0 Å². The van der Waals surface area contributed by atoms with Gasteiger partial charge in [-0.2, -0.15) is 5.26 Å². The Morgan fingerprint density at radius 2 is 2.00 bits per heavy atom. The molecule has 0 aromatic carbocycles. The maximum atomic E-state index is 9.80. The van der Waals surface area contributed by atoms with Crippen molar-refractivity contribution in [3.8, 4) is 17.5 Å². The molecule has 1 fully saturated rings. The van der Waals surface area contributed by atoms with Crippen LogP contribution in [0.15, 0.2) is 22.8 Å². The normalized spacial score (nSPS) is 17.3. The molecule has 3 N–H and O–H groups in total. The Bertz CT molecular complexity index is 805. The predicted octanol–water partition coefficient (Wildman–Crippen LogP) is 1.23. The number of anilines is 1. The van der Waals surface area contributed by atoms with Gasteiger partial charge in [0, 0.05) is 12.0 Å². The molecule has 1 aliphatic heterocycles. The number of fused-ring (bicyclic) bond motifs is 1. The Labute approximate surface area is 160 Å². The van der Waals surface area contributed by atoms with Crippen molar-refractivity contribution in [1.29, 1.82) is 5.26 Å². The van der Waals surface area contributed by atoms with Gasteiger partial charge in [0.15, 0.2) is 11.5 Å². The van der Waals surface area contributed by atoms with Gasteiger partial charge in [0.25, 0.3) is 5.82 Å². The van der Waals surface area contributed by atoms with E-state index in [1.807, 2.05) is 12.1 Å². The number of pyridine rings is 1. The summed E-state index contributed by atoms with van der Waals surface area (Å²) in [5.41, 5.74) is 4.24. The van der Waals surface area contributed by atoms with Crippen molar-refractivity contribution in [2.24, 2.45) is 0 Å². The van der Waals surface area contributed by atoms with Gasteiger partial charge in [-0.3, -0.25) is 5.32 Å². The minimum Gasteiger partial charge on any atom is -0.461 e. The van der Waals surface area contributed by atoms with Crippen molar-refractivity contribution < 1.29 is 19.0 Å². The number of nitrogens with one attached hydrogen (secondary N) is 3. The number of nitrogens with zero attached hydrogens (tertiary/aromatic N) is 1. The van der Waals surface area contributed by atoms with E-state index in [-0.39, 0.29) is 0 Å². The van der Waals surface area contributed by atoms with Crippen molar-refractivity contribution in [2.75, 3.05) is 44.7 Å². The average molecular weight is 368 g/mol. The molecule has 6 heteroatoms. The Morgan fingerprint density at radius 1 is 1.19 bits per heavy atom. The highest BCUT2D eigenvalue weighted by atomic mass is 16.5. The van der Waals surface area contributed by atoms with Crippen LogP contribution in [0.1, 0.15) is 36.0 Å². The number of ether oxygens (including phenoxy) is 1. The molecule has 1 saturated heterocycles. The summed E-state index contributed by atoms with van der Waals surface area (Å²) in [6.45, 7) is 5.91. The number of nitriles is 1. The van der Waals surface area contributed by atoms with Crippen LogP contribution in [0.5, 0.6) is 0 Å². The van der Waals surface area contributed by atoms with Gasteiger partial charge < -0.3 is 14.1 Å². The second kappa shape index (κ2) is 8.55. The number of hydrogen-bond acceptors (Lipinski definition) is 4. The highest BCUT2D eigenvalue weighted by Gasteiger charge is 2.27. The summed E-state index contributed by atoms with van der Waals surface area (Å²) in [5, 5.41) is 13.3. The highest BCUT2D eigenvalue weighted by molar-refractivity contribution is 5.64. The van der Waals surface area contributed by atoms with Crippen LogP contribution in [0.3, 0.4) is 0 Å². The zero-order chi connectivity index (χ0) is 18.5. The number of rotatable bonds is 6. The van der Waals surface area contributed by atoms with Gasteiger partial charge in [0.2, 0.25) is 0 Å². The van der Waals surface area contributed by atoms with Gasteiger partial charge in [0.05, 0.1) is 32.6 Å². The van der Waals surface area contributed by atoms with Crippen molar-refractivity contribution >= 4 is 5.82 Å². The van der Waals surface area contributed by atoms with Crippen LogP contribution < -0.4 is 15.2 Å². The van der Waals surface area contributed by atoms with E-state index < -0.39 is 0 Å². The van der Waals surface area contributed by atoms with Gasteiger partial charge in [-0.05, 0) is 43.4 Å². The minimum absolute atomic E-state index is 0.777. The quantitative estimate of drug-likeness (QED) is 0.752. The molecule has 0 spiro atoms. The molecule has 0 saturated carbocycles. The Kier molecular flexibility index (Phi) is 5.71. The molecule has 2 aromatic rings. The molecule has 2 aliphatic rings. The molecule has 1 aliphatic carbocycles. The van der Waals surface area contributed by atoms with Crippen LogP contribution in [0.4, 0.5) is 5.82 Å². The van der Waals surface area contributed by atoms with E-state index in [9.17, 15) is 5.26 Å². The molecule has 0 unspecified atom stereocenters. The first-order chi connectivity index (χ1) is 13.4. The summed E-state index contributed by atoms with van der Waals surface area (Å²) in [6.07, 6.45) is 7.04. The number of morpholine rings is 1. The van der Waals surface area contributed by atoms with Crippen molar-refractivity contribution in [2.45, 2.75) is 32.1 Å². The number of quaternary nitrogens is 1. The van der Waals surface area contributed by atoms with E-state index in [2.05, 4.69) is 16.4 Å². The largest absolute Gasteiger partial charge is 0.461 e. The molecule has 142 valence electrons. The SMILES string of the molecule is N#Cc1c(NCCC[NH+]2CCOCC2)[nH+]c(-c2ccco2)c2c1CCCC2. The van der Waals surface area contributed by atoms with Gasteiger partial charge >= 0.3 is 0 Å². The first-order valence-electron chi connectivity index (χ1n) is 10.1. The summed E-state index contributed by atoms with van der Waals surface area (Å²) < 4.78 is 11.1. The van der Waals surface area contributed by atoms with E-state index >= 15 is 0 Å². The zero-order valence-electron chi connectivity index (χ0n) is 15.8. The molecule has 27 heavy (non-hydrogen) atoms. The van der Waals surface area contributed by atoms with Crippen LogP contribution >= 0.6 is 0 Å². The lowest BCUT2D eigenvalue weighted by Crippen LogP contribution is -3.14. The van der Waals surface area contributed by atoms with E-state index in [0.717, 1.165) is 94.3 Å². The third-order valence-electron chi connectivity index (χ3n) is 5.66. The van der Waals surface area contributed by atoms with E-state index in [0.29, 0.717) is 0 Å².